The molecule has 2 rings (SSSR count). The molecule has 5 nitrogen and oxygen atoms in total. The maximum Gasteiger partial charge on any atom is 0.243 e. The average molecular weight is 500 g/mol. The minimum Gasteiger partial charge on any atom is -0.494 e. The summed E-state index contributed by atoms with van der Waals surface area (Å²) in [5, 5.41) is 4.52. The summed E-state index contributed by atoms with van der Waals surface area (Å²) in [6.45, 7) is 6.26. The lowest BCUT2D eigenvalue weighted by Gasteiger charge is -2.31. The van der Waals surface area contributed by atoms with Crippen LogP contribution < -0.4 is 10.1 Å². The predicted molar refractivity (Wildman–Crippen MR) is 131 cm³/mol. The predicted octanol–water partition coefficient (Wildman–Crippen LogP) is 6.14. The Bertz CT molecular complexity index is 904. The number of benzene rings is 2. The SMILES string of the molecule is CC[C@@H](C(=O)NC(C)C)N(Cc1ccc(Cl)cc1Cl)C(=O)CCCOc1ccc(Cl)cc1. The van der Waals surface area contributed by atoms with Crippen LogP contribution in [0.5, 0.6) is 5.75 Å². The molecule has 0 aromatic heterocycles. The number of hydrogen-bond donors (Lipinski definition) is 1. The Hall–Kier alpha value is -1.95. The van der Waals surface area contributed by atoms with Gasteiger partial charge in [0.15, 0.2) is 0 Å². The summed E-state index contributed by atoms with van der Waals surface area (Å²) in [4.78, 5) is 27.6. The molecule has 0 unspecified atom stereocenters. The van der Waals surface area contributed by atoms with Crippen LogP contribution >= 0.6 is 34.8 Å². The van der Waals surface area contributed by atoms with E-state index in [1.54, 1.807) is 47.4 Å². The Morgan fingerprint density at radius 2 is 1.69 bits per heavy atom. The van der Waals surface area contributed by atoms with Gasteiger partial charge in [0.25, 0.3) is 0 Å². The zero-order valence-electron chi connectivity index (χ0n) is 18.5. The Kier molecular flexibility index (Phi) is 10.6. The third-order valence-corrected chi connectivity index (χ3v) is 5.63. The van der Waals surface area contributed by atoms with Crippen molar-refractivity contribution in [2.45, 2.75) is 58.7 Å². The lowest BCUT2D eigenvalue weighted by molar-refractivity contribution is -0.141. The molecule has 2 aromatic carbocycles. The second-order valence-electron chi connectivity index (χ2n) is 7.75. The van der Waals surface area contributed by atoms with E-state index in [9.17, 15) is 9.59 Å². The van der Waals surface area contributed by atoms with Gasteiger partial charge in [0.05, 0.1) is 6.61 Å². The molecule has 2 amide bonds. The largest absolute Gasteiger partial charge is 0.494 e. The molecule has 0 saturated heterocycles. The summed E-state index contributed by atoms with van der Waals surface area (Å²) in [7, 11) is 0. The summed E-state index contributed by atoms with van der Waals surface area (Å²) in [5.74, 6) is 0.370. The molecule has 8 heteroatoms. The van der Waals surface area contributed by atoms with Crippen molar-refractivity contribution in [1.29, 1.82) is 0 Å². The van der Waals surface area contributed by atoms with Crippen LogP contribution in [0.25, 0.3) is 0 Å². The van der Waals surface area contributed by atoms with Gasteiger partial charge in [-0.2, -0.15) is 0 Å². The number of nitrogens with zero attached hydrogens (tertiary/aromatic N) is 1. The Morgan fingerprint density at radius 3 is 2.28 bits per heavy atom. The maximum absolute atomic E-state index is 13.2. The van der Waals surface area contributed by atoms with E-state index >= 15 is 0 Å². The van der Waals surface area contributed by atoms with Crippen molar-refractivity contribution in [3.63, 3.8) is 0 Å². The molecule has 32 heavy (non-hydrogen) atoms. The molecule has 0 bridgehead atoms. The molecule has 0 aliphatic rings. The van der Waals surface area contributed by atoms with Crippen LogP contribution in [0, 0.1) is 0 Å². The summed E-state index contributed by atoms with van der Waals surface area (Å²) < 4.78 is 5.68. The number of amides is 2. The first-order valence-corrected chi connectivity index (χ1v) is 11.8. The molecule has 0 aliphatic carbocycles. The van der Waals surface area contributed by atoms with E-state index < -0.39 is 6.04 Å². The molecular formula is C24H29Cl3N2O3. The van der Waals surface area contributed by atoms with Gasteiger partial charge in [-0.25, -0.2) is 0 Å². The first-order valence-electron chi connectivity index (χ1n) is 10.6. The van der Waals surface area contributed by atoms with E-state index in [1.165, 1.54) is 0 Å². The normalized spacial score (nSPS) is 11.8. The van der Waals surface area contributed by atoms with Crippen LogP contribution in [-0.2, 0) is 16.1 Å². The van der Waals surface area contributed by atoms with E-state index in [0.29, 0.717) is 40.3 Å². The highest BCUT2D eigenvalue weighted by Crippen LogP contribution is 2.24. The molecule has 0 saturated carbocycles. The highest BCUT2D eigenvalue weighted by atomic mass is 35.5. The number of nitrogens with one attached hydrogen (secondary N) is 1. The maximum atomic E-state index is 13.2. The van der Waals surface area contributed by atoms with Crippen LogP contribution in [-0.4, -0.2) is 35.4 Å². The molecule has 174 valence electrons. The highest BCUT2D eigenvalue weighted by Gasteiger charge is 2.29. The van der Waals surface area contributed by atoms with E-state index in [-0.39, 0.29) is 30.8 Å². The van der Waals surface area contributed by atoms with Gasteiger partial charge in [-0.3, -0.25) is 9.59 Å². The first-order chi connectivity index (χ1) is 15.2. The first kappa shape index (κ1) is 26.3. The lowest BCUT2D eigenvalue weighted by Crippen LogP contribution is -2.50. The van der Waals surface area contributed by atoms with Gasteiger partial charge in [0, 0.05) is 34.1 Å². The van der Waals surface area contributed by atoms with E-state index in [4.69, 9.17) is 39.5 Å². The highest BCUT2D eigenvalue weighted by molar-refractivity contribution is 6.35. The van der Waals surface area contributed by atoms with Crippen molar-refractivity contribution in [3.8, 4) is 5.75 Å². The molecule has 0 radical (unpaired) electrons. The van der Waals surface area contributed by atoms with Gasteiger partial charge in [0.2, 0.25) is 11.8 Å². The van der Waals surface area contributed by atoms with Gasteiger partial charge in [-0.05, 0) is 68.7 Å². The van der Waals surface area contributed by atoms with Crippen molar-refractivity contribution in [2.75, 3.05) is 6.61 Å². The van der Waals surface area contributed by atoms with Crippen molar-refractivity contribution < 1.29 is 14.3 Å². The molecule has 1 atom stereocenters. The van der Waals surface area contributed by atoms with Crippen LogP contribution in [0.1, 0.15) is 45.6 Å². The zero-order chi connectivity index (χ0) is 23.7. The van der Waals surface area contributed by atoms with Gasteiger partial charge < -0.3 is 15.0 Å². The summed E-state index contributed by atoms with van der Waals surface area (Å²) in [6.07, 6.45) is 1.23. The summed E-state index contributed by atoms with van der Waals surface area (Å²) in [6, 6.07) is 11.6. The quantitative estimate of drug-likeness (QED) is 0.378. The van der Waals surface area contributed by atoms with Crippen molar-refractivity contribution in [2.24, 2.45) is 0 Å². The number of ether oxygens (including phenoxy) is 1. The molecule has 0 aliphatic heterocycles. The number of halogens is 3. The monoisotopic (exact) mass is 498 g/mol. The average Bonchev–Trinajstić information content (AvgIpc) is 2.73. The van der Waals surface area contributed by atoms with E-state index in [1.807, 2.05) is 20.8 Å². The second kappa shape index (κ2) is 12.9. The molecular weight excluding hydrogens is 471 g/mol. The Morgan fingerprint density at radius 1 is 1.03 bits per heavy atom. The molecule has 0 spiro atoms. The number of hydrogen-bond acceptors (Lipinski definition) is 3. The number of carbonyl (C=O) groups excluding carboxylic acids is 2. The topological polar surface area (TPSA) is 58.6 Å². The molecule has 0 heterocycles. The van der Waals surface area contributed by atoms with Crippen molar-refractivity contribution >= 4 is 46.6 Å². The van der Waals surface area contributed by atoms with Gasteiger partial charge in [0.1, 0.15) is 11.8 Å². The number of carbonyl (C=O) groups is 2. The van der Waals surface area contributed by atoms with Crippen LogP contribution in [0.3, 0.4) is 0 Å². The smallest absolute Gasteiger partial charge is 0.243 e. The number of rotatable bonds is 11. The summed E-state index contributed by atoms with van der Waals surface area (Å²) >= 11 is 18.2. The molecule has 0 fully saturated rings. The molecule has 1 N–H and O–H groups in total. The minimum absolute atomic E-state index is 0.0274. The Balaban J connectivity index is 2.09. The third-order valence-electron chi connectivity index (χ3n) is 4.79. The fraction of sp³-hybridized carbons (Fsp3) is 0.417. The van der Waals surface area contributed by atoms with E-state index in [2.05, 4.69) is 5.32 Å². The van der Waals surface area contributed by atoms with Crippen molar-refractivity contribution in [3.05, 3.63) is 63.1 Å². The van der Waals surface area contributed by atoms with Gasteiger partial charge >= 0.3 is 0 Å². The third kappa shape index (κ3) is 8.19. The molecule has 2 aromatic rings. The fourth-order valence-corrected chi connectivity index (χ4v) is 3.82. The fourth-order valence-electron chi connectivity index (χ4n) is 3.22. The van der Waals surface area contributed by atoms with Gasteiger partial charge in [-0.15, -0.1) is 0 Å². The van der Waals surface area contributed by atoms with Crippen LogP contribution in [0.2, 0.25) is 15.1 Å². The Labute approximate surface area is 205 Å². The van der Waals surface area contributed by atoms with Crippen LogP contribution in [0.4, 0.5) is 0 Å². The van der Waals surface area contributed by atoms with Gasteiger partial charge in [-0.1, -0.05) is 47.8 Å². The van der Waals surface area contributed by atoms with Crippen LogP contribution in [0.15, 0.2) is 42.5 Å². The zero-order valence-corrected chi connectivity index (χ0v) is 20.8. The van der Waals surface area contributed by atoms with E-state index in [0.717, 1.165) is 5.56 Å². The lowest BCUT2D eigenvalue weighted by atomic mass is 10.1. The minimum atomic E-state index is -0.603. The summed E-state index contributed by atoms with van der Waals surface area (Å²) in [5.41, 5.74) is 0.734. The standard InChI is InChI=1S/C24H29Cl3N2O3/c1-4-22(24(31)28-16(2)3)29(15-17-7-8-19(26)14-21(17)27)23(30)6-5-13-32-20-11-9-18(25)10-12-20/h7-12,14,16,22H,4-6,13,15H2,1-3H3,(H,28,31)/t22-/m0/s1. The second-order valence-corrected chi connectivity index (χ2v) is 9.03. The van der Waals surface area contributed by atoms with Crippen molar-refractivity contribution in [1.82, 2.24) is 10.2 Å².